The van der Waals surface area contributed by atoms with Crippen LogP contribution < -0.4 is 0 Å². The SMILES string of the molecule is C=C[C@]1(C)C[C@@H](C(S[C@H]2C[C@H]3CC[C@@H](C2)N3C)C(=O)O)[C@]2(C)[C@H](C)CC[C@]3(CCC(=O)[C@H]32)[C@@H](C)[C@@H]1O. The first-order valence-electron chi connectivity index (χ1n) is 14.3. The Bertz CT molecular complexity index is 911. The van der Waals surface area contributed by atoms with Crippen LogP contribution in [0.1, 0.15) is 85.5 Å². The molecule has 0 radical (unpaired) electrons. The van der Waals surface area contributed by atoms with Crippen molar-refractivity contribution in [3.63, 3.8) is 0 Å². The summed E-state index contributed by atoms with van der Waals surface area (Å²) in [6.07, 6.45) is 9.65. The van der Waals surface area contributed by atoms with Crippen molar-refractivity contribution in [3.05, 3.63) is 12.7 Å². The molecule has 5 nitrogen and oxygen atoms in total. The van der Waals surface area contributed by atoms with E-state index in [-0.39, 0.29) is 29.1 Å². The van der Waals surface area contributed by atoms with Crippen LogP contribution in [0.3, 0.4) is 0 Å². The van der Waals surface area contributed by atoms with Crippen LogP contribution >= 0.6 is 11.8 Å². The van der Waals surface area contributed by atoms with Gasteiger partial charge in [-0.15, -0.1) is 18.3 Å². The number of piperidine rings is 1. The predicted molar refractivity (Wildman–Crippen MR) is 145 cm³/mol. The standard InChI is InChI=1S/C30H47NO4S/c1-7-28(4)16-22(24(27(34)35)36-21-14-19-8-9-20(15-21)31(19)6)29(5)17(2)10-12-30(18(3)26(28)33)13-11-23(32)25(29)30/h7,17-22,24-26,33H,1,8-16H2,2-6H3,(H,34,35)/t17-,18+,19-,20+,21+,22+,24?,25+,26+,28-,29+,30+/m1/s1. The summed E-state index contributed by atoms with van der Waals surface area (Å²) in [5.41, 5.74) is -1.25. The number of fused-ring (bicyclic) bond motifs is 2. The fourth-order valence-corrected chi connectivity index (χ4v) is 11.7. The zero-order valence-corrected chi connectivity index (χ0v) is 23.7. The summed E-state index contributed by atoms with van der Waals surface area (Å²) < 4.78 is 0. The number of carboxylic acid groups (broad SMARTS) is 1. The van der Waals surface area contributed by atoms with Gasteiger partial charge in [0.1, 0.15) is 11.0 Å². The first kappa shape index (κ1) is 26.7. The van der Waals surface area contributed by atoms with Crippen molar-refractivity contribution >= 4 is 23.5 Å². The molecule has 36 heavy (non-hydrogen) atoms. The van der Waals surface area contributed by atoms with Gasteiger partial charge in [0.25, 0.3) is 0 Å². The maximum atomic E-state index is 13.7. The molecule has 6 heteroatoms. The Morgan fingerprint density at radius 1 is 1.17 bits per heavy atom. The molecule has 1 unspecified atom stereocenters. The monoisotopic (exact) mass is 517 g/mol. The number of carbonyl (C=O) groups is 2. The highest BCUT2D eigenvalue weighted by atomic mass is 32.2. The van der Waals surface area contributed by atoms with Crippen molar-refractivity contribution in [1.82, 2.24) is 4.90 Å². The normalized spacial score (nSPS) is 51.8. The van der Waals surface area contributed by atoms with Crippen LogP contribution in [0, 0.1) is 39.9 Å². The number of ketones is 1. The van der Waals surface area contributed by atoms with E-state index in [0.29, 0.717) is 36.0 Å². The highest BCUT2D eigenvalue weighted by Crippen LogP contribution is 2.70. The highest BCUT2D eigenvalue weighted by molar-refractivity contribution is 8.01. The molecular weight excluding hydrogens is 470 g/mol. The van der Waals surface area contributed by atoms with Crippen LogP contribution in [0.15, 0.2) is 12.7 Å². The Balaban J connectivity index is 1.59. The van der Waals surface area contributed by atoms with Gasteiger partial charge in [0.05, 0.1) is 6.10 Å². The molecule has 3 saturated carbocycles. The second kappa shape index (κ2) is 9.12. The summed E-state index contributed by atoms with van der Waals surface area (Å²) in [5, 5.41) is 22.3. The third-order valence-electron chi connectivity index (χ3n) is 12.4. The maximum Gasteiger partial charge on any atom is 0.316 e. The van der Waals surface area contributed by atoms with Gasteiger partial charge in [0, 0.05) is 35.1 Å². The number of hydrogen-bond donors (Lipinski definition) is 2. The minimum Gasteiger partial charge on any atom is -0.480 e. The quantitative estimate of drug-likeness (QED) is 0.475. The van der Waals surface area contributed by atoms with E-state index < -0.39 is 28.2 Å². The van der Waals surface area contributed by atoms with E-state index in [4.69, 9.17) is 0 Å². The third kappa shape index (κ3) is 3.71. The van der Waals surface area contributed by atoms with Crippen LogP contribution in [-0.4, -0.2) is 62.6 Å². The number of hydrogen-bond acceptors (Lipinski definition) is 5. The first-order valence-corrected chi connectivity index (χ1v) is 15.3. The summed E-state index contributed by atoms with van der Waals surface area (Å²) in [6.45, 7) is 12.9. The van der Waals surface area contributed by atoms with Crippen molar-refractivity contribution in [2.75, 3.05) is 7.05 Å². The van der Waals surface area contributed by atoms with Crippen molar-refractivity contribution in [2.24, 2.45) is 39.9 Å². The molecule has 0 spiro atoms. The molecular formula is C30H47NO4S. The average molecular weight is 518 g/mol. The number of nitrogens with zero attached hydrogens (tertiary/aromatic N) is 1. The Morgan fingerprint density at radius 3 is 2.39 bits per heavy atom. The molecule has 4 bridgehead atoms. The smallest absolute Gasteiger partial charge is 0.316 e. The van der Waals surface area contributed by atoms with Crippen LogP contribution in [0.4, 0.5) is 0 Å². The zero-order valence-electron chi connectivity index (χ0n) is 22.9. The average Bonchev–Trinajstić information content (AvgIpc) is 3.27. The first-order chi connectivity index (χ1) is 16.9. The van der Waals surface area contributed by atoms with Gasteiger partial charge in [0.15, 0.2) is 0 Å². The molecule has 202 valence electrons. The van der Waals surface area contributed by atoms with Crippen LogP contribution in [-0.2, 0) is 9.59 Å². The van der Waals surface area contributed by atoms with E-state index in [1.54, 1.807) is 11.8 Å². The van der Waals surface area contributed by atoms with E-state index in [1.165, 1.54) is 12.8 Å². The maximum absolute atomic E-state index is 13.7. The molecule has 2 N–H and O–H groups in total. The number of thioether (sulfide) groups is 1. The Kier molecular flexibility index (Phi) is 6.77. The molecule has 2 saturated heterocycles. The Morgan fingerprint density at radius 2 is 1.81 bits per heavy atom. The summed E-state index contributed by atoms with van der Waals surface area (Å²) in [6, 6.07) is 1.12. The van der Waals surface area contributed by atoms with Crippen molar-refractivity contribution in [1.29, 1.82) is 0 Å². The fourth-order valence-electron chi connectivity index (χ4n) is 9.92. The third-order valence-corrected chi connectivity index (χ3v) is 14.0. The molecule has 2 aliphatic heterocycles. The van der Waals surface area contributed by atoms with Gasteiger partial charge in [-0.1, -0.05) is 33.8 Å². The number of Topliss-reactive ketones (excluding diaryl/α,β-unsaturated/α-hetero) is 1. The van der Waals surface area contributed by atoms with Gasteiger partial charge >= 0.3 is 5.97 Å². The summed E-state index contributed by atoms with van der Waals surface area (Å²) >= 11 is 1.68. The Hall–Kier alpha value is -0.850. The topological polar surface area (TPSA) is 77.8 Å². The minimum atomic E-state index is -0.749. The van der Waals surface area contributed by atoms with Crippen LogP contribution in [0.2, 0.25) is 0 Å². The van der Waals surface area contributed by atoms with Crippen LogP contribution in [0.25, 0.3) is 0 Å². The van der Waals surface area contributed by atoms with Gasteiger partial charge < -0.3 is 15.1 Å². The number of carbonyl (C=O) groups excluding carboxylic acids is 1. The largest absolute Gasteiger partial charge is 0.480 e. The second-order valence-corrected chi connectivity index (χ2v) is 15.2. The predicted octanol–water partition coefficient (Wildman–Crippen LogP) is 5.41. The zero-order chi connectivity index (χ0) is 26.2. The molecule has 0 amide bonds. The number of rotatable bonds is 5. The molecule has 2 heterocycles. The van der Waals surface area contributed by atoms with Gasteiger partial charge in [0.2, 0.25) is 0 Å². The number of aliphatic hydroxyl groups excluding tert-OH is 1. The lowest BCUT2D eigenvalue weighted by atomic mass is 9.41. The lowest BCUT2D eigenvalue weighted by Crippen LogP contribution is -2.62. The number of aliphatic carboxylic acids is 1. The van der Waals surface area contributed by atoms with Crippen molar-refractivity contribution in [2.45, 2.75) is 114 Å². The molecule has 3 aliphatic carbocycles. The van der Waals surface area contributed by atoms with E-state index in [2.05, 4.69) is 46.2 Å². The highest BCUT2D eigenvalue weighted by Gasteiger charge is 2.68. The van der Waals surface area contributed by atoms with E-state index in [0.717, 1.165) is 32.1 Å². The molecule has 0 aromatic carbocycles. The lowest BCUT2D eigenvalue weighted by Gasteiger charge is -2.63. The summed E-state index contributed by atoms with van der Waals surface area (Å²) in [5.74, 6) is -0.582. The molecule has 5 rings (SSSR count). The van der Waals surface area contributed by atoms with Gasteiger partial charge in [-0.3, -0.25) is 9.59 Å². The minimum absolute atomic E-state index is 0.0230. The second-order valence-electron chi connectivity index (χ2n) is 13.7. The molecule has 0 aromatic heterocycles. The molecule has 5 fully saturated rings. The van der Waals surface area contributed by atoms with E-state index in [9.17, 15) is 19.8 Å². The lowest BCUT2D eigenvalue weighted by molar-refractivity contribution is -0.178. The van der Waals surface area contributed by atoms with E-state index >= 15 is 0 Å². The van der Waals surface area contributed by atoms with Crippen molar-refractivity contribution < 1.29 is 19.8 Å². The van der Waals surface area contributed by atoms with Crippen molar-refractivity contribution in [3.8, 4) is 0 Å². The fraction of sp³-hybridized carbons (Fsp3) is 0.867. The number of aliphatic hydroxyl groups is 1. The number of carboxylic acids is 1. The van der Waals surface area contributed by atoms with Gasteiger partial charge in [-0.25, -0.2) is 0 Å². The van der Waals surface area contributed by atoms with Gasteiger partial charge in [-0.2, -0.15) is 0 Å². The summed E-state index contributed by atoms with van der Waals surface area (Å²) in [7, 11) is 2.22. The van der Waals surface area contributed by atoms with Crippen LogP contribution in [0.5, 0.6) is 0 Å². The summed E-state index contributed by atoms with van der Waals surface area (Å²) in [4.78, 5) is 29.4. The Labute approximate surface area is 221 Å². The molecule has 5 aliphatic rings. The van der Waals surface area contributed by atoms with E-state index in [1.807, 2.05) is 6.08 Å². The molecule has 12 atom stereocenters. The molecule has 0 aromatic rings. The van der Waals surface area contributed by atoms with Gasteiger partial charge in [-0.05, 0) is 87.0 Å².